The molecule has 0 aliphatic rings. The third-order valence-electron chi connectivity index (χ3n) is 3.64. The molecule has 2 aromatic rings. The van der Waals surface area contributed by atoms with Gasteiger partial charge in [0.15, 0.2) is 5.96 Å². The van der Waals surface area contributed by atoms with Crippen molar-refractivity contribution in [1.82, 2.24) is 0 Å². The zero-order chi connectivity index (χ0) is 16.1. The molecule has 0 unspecified atom stereocenters. The molecule has 0 atom stereocenters. The van der Waals surface area contributed by atoms with Crippen molar-refractivity contribution >= 4 is 47.4 Å². The molecule has 0 heterocycles. The van der Waals surface area contributed by atoms with E-state index in [1.807, 2.05) is 6.07 Å². The number of aryl methyl sites for hydroxylation is 3. The second kappa shape index (κ2) is 9.17. The van der Waals surface area contributed by atoms with Crippen LogP contribution in [0, 0.1) is 20.8 Å². The fourth-order valence-corrected chi connectivity index (χ4v) is 2.86. The van der Waals surface area contributed by atoms with E-state index in [4.69, 9.17) is 5.73 Å². The molecule has 0 aliphatic heterocycles. The predicted molar refractivity (Wildman–Crippen MR) is 113 cm³/mol. The Morgan fingerprint density at radius 2 is 1.83 bits per heavy atom. The van der Waals surface area contributed by atoms with Gasteiger partial charge in [-0.05, 0) is 67.5 Å². The fourth-order valence-electron chi connectivity index (χ4n) is 2.16. The molecule has 23 heavy (non-hydrogen) atoms. The van der Waals surface area contributed by atoms with Gasteiger partial charge in [-0.25, -0.2) is 4.99 Å². The van der Waals surface area contributed by atoms with Gasteiger partial charge in [0.05, 0.1) is 6.54 Å². The first-order valence-corrected chi connectivity index (χ1v) is 8.50. The number of nitrogens with zero attached hydrogens (tertiary/aromatic N) is 1. The number of nitrogens with one attached hydrogen (secondary N) is 1. The highest BCUT2D eigenvalue weighted by molar-refractivity contribution is 14.0. The van der Waals surface area contributed by atoms with Crippen LogP contribution in [0.15, 0.2) is 46.3 Å². The van der Waals surface area contributed by atoms with E-state index in [0.29, 0.717) is 12.5 Å². The monoisotopic (exact) mass is 441 g/mol. The summed E-state index contributed by atoms with van der Waals surface area (Å²) in [7, 11) is 0. The van der Waals surface area contributed by atoms with Crippen LogP contribution in [-0.2, 0) is 6.54 Å². The van der Waals surface area contributed by atoms with Gasteiger partial charge in [-0.1, -0.05) is 18.2 Å². The van der Waals surface area contributed by atoms with Crippen LogP contribution in [0.1, 0.15) is 22.3 Å². The van der Waals surface area contributed by atoms with E-state index in [9.17, 15) is 0 Å². The molecule has 3 N–H and O–H groups in total. The average Bonchev–Trinajstić information content (AvgIpc) is 2.49. The Hall–Kier alpha value is -1.21. The third-order valence-corrected chi connectivity index (χ3v) is 4.46. The summed E-state index contributed by atoms with van der Waals surface area (Å²) in [6, 6.07) is 12.6. The van der Waals surface area contributed by atoms with E-state index >= 15 is 0 Å². The van der Waals surface area contributed by atoms with Crippen molar-refractivity contribution in [3.8, 4) is 0 Å². The van der Waals surface area contributed by atoms with Crippen molar-refractivity contribution in [2.24, 2.45) is 10.7 Å². The van der Waals surface area contributed by atoms with Gasteiger partial charge in [0.2, 0.25) is 0 Å². The number of hydrogen-bond donors (Lipinski definition) is 2. The number of nitrogens with two attached hydrogens (primary N) is 1. The molecule has 2 rings (SSSR count). The predicted octanol–water partition coefficient (Wildman–Crippen LogP) is 4.88. The van der Waals surface area contributed by atoms with Crippen molar-refractivity contribution in [3.63, 3.8) is 0 Å². The lowest BCUT2D eigenvalue weighted by molar-refractivity contribution is 1.02. The van der Waals surface area contributed by atoms with Gasteiger partial charge in [0.1, 0.15) is 0 Å². The Morgan fingerprint density at radius 1 is 1.09 bits per heavy atom. The summed E-state index contributed by atoms with van der Waals surface area (Å²) in [6.07, 6.45) is 2.08. The molecule has 0 spiro atoms. The molecular weight excluding hydrogens is 417 g/mol. The highest BCUT2D eigenvalue weighted by atomic mass is 127. The van der Waals surface area contributed by atoms with Crippen molar-refractivity contribution < 1.29 is 0 Å². The lowest BCUT2D eigenvalue weighted by atomic mass is 10.1. The lowest BCUT2D eigenvalue weighted by Gasteiger charge is -2.09. The number of guanidine groups is 1. The first-order chi connectivity index (χ1) is 10.5. The molecule has 0 amide bonds. The first kappa shape index (κ1) is 19.8. The van der Waals surface area contributed by atoms with Gasteiger partial charge in [-0.2, -0.15) is 0 Å². The largest absolute Gasteiger partial charge is 0.370 e. The van der Waals surface area contributed by atoms with Crippen molar-refractivity contribution in [2.45, 2.75) is 32.2 Å². The Labute approximate surface area is 160 Å². The summed E-state index contributed by atoms with van der Waals surface area (Å²) in [5.74, 6) is 0.441. The maximum absolute atomic E-state index is 6.00. The topological polar surface area (TPSA) is 50.4 Å². The highest BCUT2D eigenvalue weighted by Gasteiger charge is 2.02. The molecule has 0 aromatic heterocycles. The molecule has 0 fully saturated rings. The second-order valence-electron chi connectivity index (χ2n) is 5.44. The normalized spacial score (nSPS) is 11.0. The van der Waals surface area contributed by atoms with Crippen LogP contribution in [0.5, 0.6) is 0 Å². The van der Waals surface area contributed by atoms with E-state index in [-0.39, 0.29) is 24.0 Å². The average molecular weight is 441 g/mol. The van der Waals surface area contributed by atoms with E-state index in [1.165, 1.54) is 27.1 Å². The Bertz CT molecular complexity index is 699. The van der Waals surface area contributed by atoms with Gasteiger partial charge in [-0.3, -0.25) is 0 Å². The number of benzene rings is 2. The first-order valence-electron chi connectivity index (χ1n) is 7.27. The van der Waals surface area contributed by atoms with Gasteiger partial charge in [-0.15, -0.1) is 35.7 Å². The quantitative estimate of drug-likeness (QED) is 0.308. The summed E-state index contributed by atoms with van der Waals surface area (Å²) in [5, 5.41) is 3.15. The molecule has 0 saturated heterocycles. The molecule has 2 aromatic carbocycles. The van der Waals surface area contributed by atoms with Crippen LogP contribution < -0.4 is 11.1 Å². The van der Waals surface area contributed by atoms with E-state index in [1.54, 1.807) is 11.8 Å². The van der Waals surface area contributed by atoms with E-state index in [0.717, 1.165) is 5.69 Å². The van der Waals surface area contributed by atoms with Crippen LogP contribution in [0.25, 0.3) is 0 Å². The molecular formula is C18H24IN3S. The maximum atomic E-state index is 6.00. The summed E-state index contributed by atoms with van der Waals surface area (Å²) in [5.41, 5.74) is 11.9. The smallest absolute Gasteiger partial charge is 0.193 e. The van der Waals surface area contributed by atoms with E-state index in [2.05, 4.69) is 67.7 Å². The number of aliphatic imine (C=N–C) groups is 1. The highest BCUT2D eigenvalue weighted by Crippen LogP contribution is 2.22. The van der Waals surface area contributed by atoms with E-state index < -0.39 is 0 Å². The molecule has 3 nitrogen and oxygen atoms in total. The summed E-state index contributed by atoms with van der Waals surface area (Å²) in [4.78, 5) is 5.70. The number of halogens is 1. The number of anilines is 1. The molecule has 124 valence electrons. The minimum Gasteiger partial charge on any atom is -0.370 e. The summed E-state index contributed by atoms with van der Waals surface area (Å²) >= 11 is 1.74. The standard InChI is InChI=1S/C18H23N3S.HI/c1-12-5-7-15(17(9-12)22-4)11-20-18(19)21-16-8-6-13(2)14(3)10-16;/h5-10H,11H2,1-4H3,(H3,19,20,21);1H. The Morgan fingerprint density at radius 3 is 2.48 bits per heavy atom. The lowest BCUT2D eigenvalue weighted by Crippen LogP contribution is -2.22. The van der Waals surface area contributed by atoms with Crippen LogP contribution in [-0.4, -0.2) is 12.2 Å². The second-order valence-corrected chi connectivity index (χ2v) is 6.29. The fraction of sp³-hybridized carbons (Fsp3) is 0.278. The Kier molecular flexibility index (Phi) is 7.91. The van der Waals surface area contributed by atoms with Gasteiger partial charge in [0.25, 0.3) is 0 Å². The minimum absolute atomic E-state index is 0. The Balaban J connectivity index is 0.00000264. The van der Waals surface area contributed by atoms with Crippen molar-refractivity contribution in [3.05, 3.63) is 58.7 Å². The maximum Gasteiger partial charge on any atom is 0.193 e. The minimum atomic E-state index is 0. The number of thioether (sulfide) groups is 1. The van der Waals surface area contributed by atoms with Crippen LogP contribution in [0.2, 0.25) is 0 Å². The zero-order valence-electron chi connectivity index (χ0n) is 14.0. The number of hydrogen-bond acceptors (Lipinski definition) is 2. The summed E-state index contributed by atoms with van der Waals surface area (Å²) < 4.78 is 0. The zero-order valence-corrected chi connectivity index (χ0v) is 17.2. The van der Waals surface area contributed by atoms with Crippen LogP contribution in [0.3, 0.4) is 0 Å². The van der Waals surface area contributed by atoms with Crippen LogP contribution >= 0.6 is 35.7 Å². The van der Waals surface area contributed by atoms with Gasteiger partial charge >= 0.3 is 0 Å². The molecule has 5 heteroatoms. The van der Waals surface area contributed by atoms with Crippen LogP contribution in [0.4, 0.5) is 5.69 Å². The van der Waals surface area contributed by atoms with Crippen molar-refractivity contribution in [1.29, 1.82) is 0 Å². The van der Waals surface area contributed by atoms with Gasteiger partial charge < -0.3 is 11.1 Å². The molecule has 0 saturated carbocycles. The van der Waals surface area contributed by atoms with Gasteiger partial charge in [0, 0.05) is 10.6 Å². The third kappa shape index (κ3) is 5.73. The molecule has 0 radical (unpaired) electrons. The van der Waals surface area contributed by atoms with Crippen molar-refractivity contribution in [2.75, 3.05) is 11.6 Å². The molecule has 0 bridgehead atoms. The SMILES string of the molecule is CSc1cc(C)ccc1CN=C(N)Nc1ccc(C)c(C)c1.I. The summed E-state index contributed by atoms with van der Waals surface area (Å²) in [6.45, 7) is 6.87. The number of rotatable bonds is 4. The molecule has 0 aliphatic carbocycles.